The number of halogens is 16. The van der Waals surface area contributed by atoms with Crippen molar-refractivity contribution in [1.29, 1.82) is 0 Å². The number of fused-ring (bicyclic) bond motifs is 4. The van der Waals surface area contributed by atoms with E-state index in [0.717, 1.165) is 55.5 Å². The van der Waals surface area contributed by atoms with Gasteiger partial charge in [0.15, 0.2) is 46.3 Å². The molecule has 0 aliphatic carbocycles. The highest BCUT2D eigenvalue weighted by Crippen LogP contribution is 2.48. The van der Waals surface area contributed by atoms with Gasteiger partial charge in [0.2, 0.25) is 11.8 Å². The lowest BCUT2D eigenvalue weighted by Gasteiger charge is -2.40. The fourth-order valence-corrected chi connectivity index (χ4v) is 13.2. The van der Waals surface area contributed by atoms with Gasteiger partial charge in [-0.05, 0) is 60.6 Å². The maximum absolute atomic E-state index is 14.5. The Kier molecular flexibility index (Phi) is 25.1. The van der Waals surface area contributed by atoms with Crippen molar-refractivity contribution in [1.82, 2.24) is 35.6 Å². The van der Waals surface area contributed by atoms with Crippen LogP contribution in [0.25, 0.3) is 0 Å². The van der Waals surface area contributed by atoms with Gasteiger partial charge in [0, 0.05) is 106 Å². The first-order chi connectivity index (χ1) is 49.5. The van der Waals surface area contributed by atoms with Gasteiger partial charge in [0.25, 0.3) is 0 Å². The number of hydrogen-bond donors (Lipinski definition) is 3. The fraction of sp³-hybridized carbons (Fsp3) is 0.437. The normalized spacial score (nSPS) is 19.7. The number of alkyl halides is 12. The highest BCUT2D eigenvalue weighted by atomic mass is 19.4. The zero-order valence-corrected chi connectivity index (χ0v) is 55.4. The molecule has 4 atom stereocenters. The summed E-state index contributed by atoms with van der Waals surface area (Å²) >= 11 is 0. The average molecular weight is 1490 g/mol. The molecule has 0 aromatic heterocycles. The molecule has 0 radical (unpaired) electrons. The van der Waals surface area contributed by atoms with Crippen LogP contribution in [-0.2, 0) is 57.0 Å². The monoisotopic (exact) mass is 1490 g/mol. The van der Waals surface area contributed by atoms with Crippen LogP contribution < -0.4 is 34.9 Å². The van der Waals surface area contributed by atoms with Crippen LogP contribution in [0.15, 0.2) is 109 Å². The first-order valence-corrected chi connectivity index (χ1v) is 33.2. The van der Waals surface area contributed by atoms with E-state index >= 15 is 0 Å². The molecule has 33 heteroatoms. The Morgan fingerprint density at radius 3 is 1.32 bits per heavy atom. The molecular formula is C71H71F16N7O10. The van der Waals surface area contributed by atoms with Crippen LogP contribution in [0.4, 0.5) is 79.8 Å². The van der Waals surface area contributed by atoms with Crippen LogP contribution in [0.3, 0.4) is 0 Å². The number of ether oxygens (including phenoxy) is 6. The highest BCUT2D eigenvalue weighted by Gasteiger charge is 2.44. The molecule has 0 bridgehead atoms. The lowest BCUT2D eigenvalue weighted by atomic mass is 9.88. The SMILES string of the molecule is Fc1c(C(F)(F)F)ccc2c1OCCC2N1CCNCC1.O=C(NCCCC1CCOc2c1ccc(C(F)(F)F)c2F)OCc1ccccc1.O=C(OCc1ccccc1)N1CCN(C2CCOc3c2ccc(C(F)(F)F)c3F)C(=O)C1.O=C1CNCCN1C1CCOc2c1ccc(C(F)(F)F)c2F. The molecule has 3 saturated heterocycles. The number of carbonyl (C=O) groups excluding carboxylic acids is 4. The number of hydrogen-bond acceptors (Lipinski definition) is 13. The molecule has 0 spiro atoms. The van der Waals surface area contributed by atoms with Gasteiger partial charge in [-0.15, -0.1) is 0 Å². The number of benzene rings is 6. The predicted molar refractivity (Wildman–Crippen MR) is 340 cm³/mol. The summed E-state index contributed by atoms with van der Waals surface area (Å²) in [6.45, 7) is 5.60. The summed E-state index contributed by atoms with van der Waals surface area (Å²) in [5.74, 6) is -7.63. The Labute approximate surface area is 585 Å². The minimum atomic E-state index is -4.85. The Hall–Kier alpha value is -9.24. The van der Waals surface area contributed by atoms with Crippen molar-refractivity contribution in [2.24, 2.45) is 0 Å². The first-order valence-electron chi connectivity index (χ1n) is 33.2. The van der Waals surface area contributed by atoms with E-state index in [1.807, 2.05) is 60.7 Å². The second-order valence-electron chi connectivity index (χ2n) is 24.9. The van der Waals surface area contributed by atoms with Gasteiger partial charge in [-0.1, -0.05) is 84.9 Å². The standard InChI is InChI=1S/C22H20F4N2O4.C21H21F4NO3.C14H14F4N2O2.C14H16F4N2O/c23-19-16(22(24,25)26)7-6-15-17(8-11-31-20(15)19)28-10-9-27(12-18(28)29)21(30)32-13-14-4-2-1-3-5-14;22-18-17(21(23,24)25)9-8-16-15(10-12-28-19(16)18)7-4-11-26-20(27)29-13-14-5-2-1-3-6-14;15-12-9(14(16,17)18)2-1-8-10(3-6-22-13(8)12)20-5-4-19-7-11(20)21;15-12-10(14(16,17)18)2-1-9-11(3-8-21-13(9)12)20-6-4-19-5-7-20/h1-7,17H,8-13H2;1-3,5-6,8-9,15H,4,7,10-13H2,(H,26,27);1-2,10,19H,3-7H2;1-2,11,19H,3-8H2. The number of alkyl carbamates (subject to hydrolysis) is 1. The lowest BCUT2D eigenvalue weighted by molar-refractivity contribution is -0.141. The summed E-state index contributed by atoms with van der Waals surface area (Å²) in [5.41, 5.74) is -2.20. The molecule has 7 aliphatic heterocycles. The third kappa shape index (κ3) is 18.8. The van der Waals surface area contributed by atoms with Crippen LogP contribution in [0, 0.1) is 23.3 Å². The van der Waals surface area contributed by atoms with Crippen LogP contribution in [0.1, 0.15) is 118 Å². The van der Waals surface area contributed by atoms with E-state index in [0.29, 0.717) is 87.0 Å². The number of rotatable bonds is 11. The van der Waals surface area contributed by atoms with Crippen LogP contribution >= 0.6 is 0 Å². The van der Waals surface area contributed by atoms with Crippen molar-refractivity contribution in [3.05, 3.63) is 188 Å². The van der Waals surface area contributed by atoms with Gasteiger partial charge in [-0.3, -0.25) is 19.4 Å². The van der Waals surface area contributed by atoms with Gasteiger partial charge in [0.05, 0.1) is 67.3 Å². The van der Waals surface area contributed by atoms with Gasteiger partial charge in [-0.25, -0.2) is 27.2 Å². The third-order valence-corrected chi connectivity index (χ3v) is 18.3. The predicted octanol–water partition coefficient (Wildman–Crippen LogP) is 14.2. The summed E-state index contributed by atoms with van der Waals surface area (Å²) in [5, 5.41) is 8.79. The number of nitrogens with zero attached hydrogens (tertiary/aromatic N) is 4. The Morgan fingerprint density at radius 1 is 0.462 bits per heavy atom. The molecule has 0 saturated carbocycles. The molecule has 6 aromatic rings. The Morgan fingerprint density at radius 2 is 0.865 bits per heavy atom. The summed E-state index contributed by atoms with van der Waals surface area (Å²) in [4.78, 5) is 55.3. The highest BCUT2D eigenvalue weighted by molar-refractivity contribution is 5.84. The minimum Gasteiger partial charge on any atom is -0.490 e. The van der Waals surface area contributed by atoms with Gasteiger partial charge in [-0.2, -0.15) is 52.7 Å². The van der Waals surface area contributed by atoms with Crippen molar-refractivity contribution < 1.29 is 118 Å². The second kappa shape index (κ2) is 33.7. The van der Waals surface area contributed by atoms with E-state index in [-0.39, 0.29) is 101 Å². The van der Waals surface area contributed by atoms with Crippen molar-refractivity contribution >= 4 is 24.0 Å². The molecule has 562 valence electrons. The summed E-state index contributed by atoms with van der Waals surface area (Å²) in [6, 6.07) is 25.1. The number of carbonyl (C=O) groups is 4. The quantitative estimate of drug-likeness (QED) is 0.0827. The Balaban J connectivity index is 0.000000151. The fourth-order valence-electron chi connectivity index (χ4n) is 13.2. The maximum atomic E-state index is 14.5. The minimum absolute atomic E-state index is 0.0253. The van der Waals surface area contributed by atoms with E-state index in [1.165, 1.54) is 28.0 Å². The zero-order chi connectivity index (χ0) is 74.7. The van der Waals surface area contributed by atoms with E-state index in [1.54, 1.807) is 4.90 Å². The zero-order valence-electron chi connectivity index (χ0n) is 55.4. The molecular weight excluding hydrogens is 1410 g/mol. The van der Waals surface area contributed by atoms with Crippen LogP contribution in [0.2, 0.25) is 0 Å². The van der Waals surface area contributed by atoms with Crippen molar-refractivity contribution in [3.63, 3.8) is 0 Å². The van der Waals surface area contributed by atoms with Crippen molar-refractivity contribution in [2.45, 2.75) is 100 Å². The smallest absolute Gasteiger partial charge is 0.419 e. The van der Waals surface area contributed by atoms with Crippen LogP contribution in [0.5, 0.6) is 23.0 Å². The number of amides is 4. The first kappa shape index (κ1) is 77.4. The molecule has 3 N–H and O–H groups in total. The van der Waals surface area contributed by atoms with E-state index in [9.17, 15) is 89.4 Å². The topological polar surface area (TPSA) is 173 Å². The molecule has 17 nitrogen and oxygen atoms in total. The van der Waals surface area contributed by atoms with Crippen LogP contribution in [-0.4, -0.2) is 142 Å². The molecule has 13 rings (SSSR count). The second-order valence-corrected chi connectivity index (χ2v) is 24.9. The average Bonchev–Trinajstić information content (AvgIpc) is 0.789. The lowest BCUT2D eigenvalue weighted by Crippen LogP contribution is -2.53. The summed E-state index contributed by atoms with van der Waals surface area (Å²) in [7, 11) is 0. The Bertz CT molecular complexity index is 3980. The largest absolute Gasteiger partial charge is 0.490 e. The maximum Gasteiger partial charge on any atom is 0.419 e. The van der Waals surface area contributed by atoms with Gasteiger partial charge < -0.3 is 54.2 Å². The van der Waals surface area contributed by atoms with E-state index in [2.05, 4.69) is 20.9 Å². The molecule has 4 unspecified atom stereocenters. The number of nitrogens with one attached hydrogen (secondary N) is 3. The summed E-state index contributed by atoms with van der Waals surface area (Å²) < 4.78 is 242. The number of piperazine rings is 3. The van der Waals surface area contributed by atoms with E-state index in [4.69, 9.17) is 28.4 Å². The molecule has 7 heterocycles. The molecule has 6 aromatic carbocycles. The molecule has 3 fully saturated rings. The van der Waals surface area contributed by atoms with Crippen molar-refractivity contribution in [3.8, 4) is 23.0 Å². The molecule has 104 heavy (non-hydrogen) atoms. The van der Waals surface area contributed by atoms with E-state index < -0.39 is 112 Å². The molecule has 7 aliphatic rings. The van der Waals surface area contributed by atoms with Gasteiger partial charge >= 0.3 is 36.9 Å². The molecule has 4 amide bonds. The van der Waals surface area contributed by atoms with Crippen molar-refractivity contribution in [2.75, 3.05) is 98.4 Å². The van der Waals surface area contributed by atoms with Gasteiger partial charge in [0.1, 0.15) is 19.8 Å². The summed E-state index contributed by atoms with van der Waals surface area (Å²) in [6.07, 6.45) is -17.1. The third-order valence-electron chi connectivity index (χ3n) is 18.3.